The third-order valence-corrected chi connectivity index (χ3v) is 1.89. The average molecular weight is 215 g/mol. The molecule has 0 saturated heterocycles. The second-order valence-corrected chi connectivity index (χ2v) is 3.28. The lowest BCUT2D eigenvalue weighted by molar-refractivity contribution is -0.117. The SMILES string of the molecule is NC(=O)CNCc1cc(Cl)ccc1O. The fraction of sp³-hybridized carbons (Fsp3) is 0.222. The van der Waals surface area contributed by atoms with Gasteiger partial charge in [0.05, 0.1) is 6.54 Å². The Hall–Kier alpha value is -1.26. The second kappa shape index (κ2) is 4.83. The summed E-state index contributed by atoms with van der Waals surface area (Å²) in [4.78, 5) is 10.4. The molecule has 0 aliphatic carbocycles. The Kier molecular flexibility index (Phi) is 3.73. The smallest absolute Gasteiger partial charge is 0.231 e. The number of primary amides is 1. The number of hydrogen-bond acceptors (Lipinski definition) is 3. The van der Waals surface area contributed by atoms with E-state index in [1.165, 1.54) is 6.07 Å². The number of phenolic OH excluding ortho intramolecular Hbond substituents is 1. The fourth-order valence-corrected chi connectivity index (χ4v) is 1.21. The minimum Gasteiger partial charge on any atom is -0.508 e. The van der Waals surface area contributed by atoms with Crippen molar-refractivity contribution in [2.24, 2.45) is 5.73 Å². The zero-order chi connectivity index (χ0) is 10.6. The third-order valence-electron chi connectivity index (χ3n) is 1.66. The van der Waals surface area contributed by atoms with Gasteiger partial charge in [-0.15, -0.1) is 0 Å². The predicted octanol–water partition coefficient (Wildman–Crippen LogP) is 0.621. The van der Waals surface area contributed by atoms with Crippen molar-refractivity contribution in [3.8, 4) is 5.75 Å². The van der Waals surface area contributed by atoms with Gasteiger partial charge in [0.1, 0.15) is 5.75 Å². The molecule has 0 bridgehead atoms. The van der Waals surface area contributed by atoms with Crippen molar-refractivity contribution >= 4 is 17.5 Å². The lowest BCUT2D eigenvalue weighted by Gasteiger charge is -2.05. The Morgan fingerprint density at radius 3 is 2.93 bits per heavy atom. The summed E-state index contributed by atoms with van der Waals surface area (Å²) >= 11 is 5.73. The molecule has 5 heteroatoms. The van der Waals surface area contributed by atoms with Crippen LogP contribution in [0.4, 0.5) is 0 Å². The first-order chi connectivity index (χ1) is 6.59. The average Bonchev–Trinajstić information content (AvgIpc) is 2.10. The van der Waals surface area contributed by atoms with Crippen molar-refractivity contribution < 1.29 is 9.90 Å². The number of hydrogen-bond donors (Lipinski definition) is 3. The maximum Gasteiger partial charge on any atom is 0.231 e. The van der Waals surface area contributed by atoms with Crippen LogP contribution in [-0.2, 0) is 11.3 Å². The van der Waals surface area contributed by atoms with E-state index >= 15 is 0 Å². The highest BCUT2D eigenvalue weighted by atomic mass is 35.5. The molecular weight excluding hydrogens is 204 g/mol. The molecule has 0 heterocycles. The van der Waals surface area contributed by atoms with E-state index in [-0.39, 0.29) is 12.3 Å². The van der Waals surface area contributed by atoms with E-state index in [0.717, 1.165) is 0 Å². The first-order valence-corrected chi connectivity index (χ1v) is 4.44. The van der Waals surface area contributed by atoms with Gasteiger partial charge in [-0.05, 0) is 18.2 Å². The molecule has 0 aromatic heterocycles. The van der Waals surface area contributed by atoms with Crippen LogP contribution in [0.2, 0.25) is 5.02 Å². The summed E-state index contributed by atoms with van der Waals surface area (Å²) in [7, 11) is 0. The van der Waals surface area contributed by atoms with Gasteiger partial charge in [0.2, 0.25) is 5.91 Å². The van der Waals surface area contributed by atoms with Gasteiger partial charge in [0, 0.05) is 17.1 Å². The second-order valence-electron chi connectivity index (χ2n) is 2.84. The highest BCUT2D eigenvalue weighted by Gasteiger charge is 2.02. The molecule has 4 N–H and O–H groups in total. The molecule has 0 unspecified atom stereocenters. The van der Waals surface area contributed by atoms with Crippen molar-refractivity contribution in [2.45, 2.75) is 6.54 Å². The van der Waals surface area contributed by atoms with Crippen molar-refractivity contribution in [1.82, 2.24) is 5.32 Å². The summed E-state index contributed by atoms with van der Waals surface area (Å²) in [5, 5.41) is 12.7. The van der Waals surface area contributed by atoms with E-state index in [0.29, 0.717) is 17.1 Å². The molecule has 1 amide bonds. The molecule has 1 rings (SSSR count). The number of halogens is 1. The zero-order valence-corrected chi connectivity index (χ0v) is 8.21. The van der Waals surface area contributed by atoms with E-state index in [2.05, 4.69) is 5.32 Å². The largest absolute Gasteiger partial charge is 0.508 e. The van der Waals surface area contributed by atoms with Crippen molar-refractivity contribution in [2.75, 3.05) is 6.54 Å². The number of carbonyl (C=O) groups excluding carboxylic acids is 1. The Bertz CT molecular complexity index is 342. The van der Waals surface area contributed by atoms with E-state index in [1.807, 2.05) is 0 Å². The number of nitrogens with one attached hydrogen (secondary N) is 1. The summed E-state index contributed by atoms with van der Waals surface area (Å²) in [5.74, 6) is -0.294. The molecule has 0 spiro atoms. The van der Waals surface area contributed by atoms with Gasteiger partial charge >= 0.3 is 0 Å². The first-order valence-electron chi connectivity index (χ1n) is 4.06. The summed E-state index contributed by atoms with van der Waals surface area (Å²) in [5.41, 5.74) is 5.57. The highest BCUT2D eigenvalue weighted by Crippen LogP contribution is 2.20. The monoisotopic (exact) mass is 214 g/mol. The van der Waals surface area contributed by atoms with Gasteiger partial charge in [-0.1, -0.05) is 11.6 Å². The van der Waals surface area contributed by atoms with Crippen molar-refractivity contribution in [3.63, 3.8) is 0 Å². The standard InChI is InChI=1S/C9H11ClN2O2/c10-7-1-2-8(13)6(3-7)4-12-5-9(11)14/h1-3,12-13H,4-5H2,(H2,11,14). The Morgan fingerprint density at radius 1 is 1.57 bits per heavy atom. The quantitative estimate of drug-likeness (QED) is 0.688. The molecule has 0 saturated carbocycles. The molecule has 1 aromatic carbocycles. The lowest BCUT2D eigenvalue weighted by atomic mass is 10.2. The minimum absolute atomic E-state index is 0.0754. The summed E-state index contributed by atoms with van der Waals surface area (Å²) < 4.78 is 0. The van der Waals surface area contributed by atoms with Gasteiger partial charge in [0.25, 0.3) is 0 Å². The number of amides is 1. The predicted molar refractivity (Wildman–Crippen MR) is 54.0 cm³/mol. The molecule has 0 aliphatic heterocycles. The summed E-state index contributed by atoms with van der Waals surface area (Å²) in [6.45, 7) is 0.432. The van der Waals surface area contributed by atoms with E-state index < -0.39 is 5.91 Å². The van der Waals surface area contributed by atoms with Gasteiger partial charge in [-0.3, -0.25) is 4.79 Å². The van der Waals surface area contributed by atoms with Crippen LogP contribution >= 0.6 is 11.6 Å². The van der Waals surface area contributed by atoms with Crippen LogP contribution < -0.4 is 11.1 Å². The highest BCUT2D eigenvalue weighted by molar-refractivity contribution is 6.30. The molecule has 0 fully saturated rings. The van der Waals surface area contributed by atoms with Crippen LogP contribution in [0.25, 0.3) is 0 Å². The molecule has 4 nitrogen and oxygen atoms in total. The number of phenols is 1. The van der Waals surface area contributed by atoms with Crippen molar-refractivity contribution in [1.29, 1.82) is 0 Å². The number of benzene rings is 1. The molecule has 0 radical (unpaired) electrons. The van der Waals surface area contributed by atoms with Crippen LogP contribution in [-0.4, -0.2) is 17.6 Å². The van der Waals surface area contributed by atoms with Gasteiger partial charge in [-0.2, -0.15) is 0 Å². The van der Waals surface area contributed by atoms with Crippen LogP contribution in [0.3, 0.4) is 0 Å². The fourth-order valence-electron chi connectivity index (χ4n) is 1.02. The zero-order valence-electron chi connectivity index (χ0n) is 7.46. The summed E-state index contributed by atoms with van der Waals surface area (Å²) in [6.07, 6.45) is 0. The molecule has 14 heavy (non-hydrogen) atoms. The summed E-state index contributed by atoms with van der Waals surface area (Å²) in [6, 6.07) is 4.73. The number of carbonyl (C=O) groups is 1. The Balaban J connectivity index is 2.57. The Morgan fingerprint density at radius 2 is 2.29 bits per heavy atom. The number of rotatable bonds is 4. The van der Waals surface area contributed by atoms with Crippen LogP contribution in [0.15, 0.2) is 18.2 Å². The topological polar surface area (TPSA) is 75.4 Å². The van der Waals surface area contributed by atoms with Crippen LogP contribution in [0, 0.1) is 0 Å². The van der Waals surface area contributed by atoms with Crippen molar-refractivity contribution in [3.05, 3.63) is 28.8 Å². The lowest BCUT2D eigenvalue weighted by Crippen LogP contribution is -2.28. The normalized spacial score (nSPS) is 10.1. The molecule has 76 valence electrons. The maximum absolute atomic E-state index is 10.4. The molecule has 0 atom stereocenters. The number of aromatic hydroxyl groups is 1. The third kappa shape index (κ3) is 3.24. The van der Waals surface area contributed by atoms with E-state index in [4.69, 9.17) is 17.3 Å². The van der Waals surface area contributed by atoms with Crippen LogP contribution in [0.1, 0.15) is 5.56 Å². The minimum atomic E-state index is -0.438. The van der Waals surface area contributed by atoms with Gasteiger partial charge in [0.15, 0.2) is 0 Å². The Labute approximate surface area is 86.7 Å². The number of nitrogens with two attached hydrogens (primary N) is 1. The molecular formula is C9H11ClN2O2. The molecule has 1 aromatic rings. The van der Waals surface area contributed by atoms with E-state index in [9.17, 15) is 9.90 Å². The van der Waals surface area contributed by atoms with Gasteiger partial charge in [-0.25, -0.2) is 0 Å². The van der Waals surface area contributed by atoms with Gasteiger partial charge < -0.3 is 16.2 Å². The molecule has 0 aliphatic rings. The first kappa shape index (κ1) is 10.8. The maximum atomic E-state index is 10.4. The van der Waals surface area contributed by atoms with E-state index in [1.54, 1.807) is 12.1 Å². The van der Waals surface area contributed by atoms with Crippen LogP contribution in [0.5, 0.6) is 5.75 Å².